The maximum Gasteiger partial charge on any atom is 0.387 e. The van der Waals surface area contributed by atoms with Crippen LogP contribution in [0.5, 0.6) is 5.75 Å². The Morgan fingerprint density at radius 2 is 1.52 bits per heavy atom. The van der Waals surface area contributed by atoms with Gasteiger partial charge in [0.25, 0.3) is 8.32 Å². The summed E-state index contributed by atoms with van der Waals surface area (Å²) < 4.78 is 40.8. The molecule has 0 bridgehead atoms. The number of hydrogen-bond acceptors (Lipinski definition) is 5. The van der Waals surface area contributed by atoms with Gasteiger partial charge in [0.05, 0.1) is 17.4 Å². The van der Waals surface area contributed by atoms with Gasteiger partial charge in [-0.1, -0.05) is 111 Å². The number of alkyl halides is 2. The zero-order valence-electron chi connectivity index (χ0n) is 23.5. The van der Waals surface area contributed by atoms with Crippen molar-refractivity contribution in [3.05, 3.63) is 119 Å². The lowest BCUT2D eigenvalue weighted by Crippen LogP contribution is -2.67. The summed E-state index contributed by atoms with van der Waals surface area (Å²) in [5, 5.41) is 10.4. The first-order chi connectivity index (χ1) is 20.2. The molecule has 216 valence electrons. The Morgan fingerprint density at radius 3 is 2.14 bits per heavy atom. The predicted molar refractivity (Wildman–Crippen MR) is 162 cm³/mol. The van der Waals surface area contributed by atoms with Gasteiger partial charge in [0, 0.05) is 12.1 Å². The van der Waals surface area contributed by atoms with Gasteiger partial charge in [0.15, 0.2) is 5.65 Å². The van der Waals surface area contributed by atoms with Crippen molar-refractivity contribution in [2.24, 2.45) is 0 Å². The molecule has 10 heteroatoms. The van der Waals surface area contributed by atoms with Crippen LogP contribution >= 0.6 is 11.6 Å². The molecule has 2 aromatic heterocycles. The van der Waals surface area contributed by atoms with Gasteiger partial charge >= 0.3 is 6.61 Å². The number of rotatable bonds is 7. The molecule has 2 atom stereocenters. The Balaban J connectivity index is 1.55. The highest BCUT2D eigenvalue weighted by Gasteiger charge is 2.53. The van der Waals surface area contributed by atoms with Crippen LogP contribution in [0.2, 0.25) is 10.2 Å². The highest BCUT2D eigenvalue weighted by Crippen LogP contribution is 2.43. The van der Waals surface area contributed by atoms with Gasteiger partial charge in [-0.25, -0.2) is 9.50 Å². The molecular formula is C32H31ClF2N4O2Si. The van der Waals surface area contributed by atoms with Gasteiger partial charge in [-0.15, -0.1) is 0 Å². The molecule has 1 aliphatic rings. The number of hydrogen-bond donors (Lipinski definition) is 1. The number of nitrogens with zero attached hydrogens (tertiary/aromatic N) is 3. The number of benzene rings is 3. The summed E-state index contributed by atoms with van der Waals surface area (Å²) in [5.74, 6) is 0.0827. The molecule has 0 saturated carbocycles. The molecule has 0 unspecified atom stereocenters. The van der Waals surface area contributed by atoms with E-state index in [1.807, 2.05) is 36.4 Å². The van der Waals surface area contributed by atoms with E-state index in [1.54, 1.807) is 34.8 Å². The average molecular weight is 605 g/mol. The van der Waals surface area contributed by atoms with Crippen LogP contribution in [0.3, 0.4) is 0 Å². The first kappa shape index (κ1) is 28.5. The normalized spacial score (nSPS) is 17.4. The van der Waals surface area contributed by atoms with Crippen LogP contribution in [0, 0.1) is 0 Å². The summed E-state index contributed by atoms with van der Waals surface area (Å²) in [6.45, 7) is 4.10. The number of nitrogens with one attached hydrogen (secondary N) is 1. The first-order valence-corrected chi connectivity index (χ1v) is 16.1. The second-order valence-corrected chi connectivity index (χ2v) is 16.0. The second-order valence-electron chi connectivity index (χ2n) is 11.3. The minimum absolute atomic E-state index is 0.0827. The molecule has 3 heterocycles. The molecule has 0 spiro atoms. The van der Waals surface area contributed by atoms with E-state index in [9.17, 15) is 8.78 Å². The number of halogens is 3. The van der Waals surface area contributed by atoms with E-state index in [1.165, 1.54) is 6.07 Å². The van der Waals surface area contributed by atoms with Gasteiger partial charge in [0.1, 0.15) is 17.0 Å². The lowest BCUT2D eigenvalue weighted by Gasteiger charge is -2.46. The molecule has 0 amide bonds. The minimum atomic E-state index is -2.96. The summed E-state index contributed by atoms with van der Waals surface area (Å²) in [7, 11) is -2.96. The maximum absolute atomic E-state index is 13.4. The summed E-state index contributed by atoms with van der Waals surface area (Å²) in [6.07, 6.45) is -0.466. The van der Waals surface area contributed by atoms with Gasteiger partial charge in [-0.05, 0) is 33.6 Å². The molecule has 0 aliphatic carbocycles. The predicted octanol–water partition coefficient (Wildman–Crippen LogP) is 6.29. The Labute approximate surface area is 249 Å². The number of ether oxygens (including phenoxy) is 1. The molecular weight excluding hydrogens is 574 g/mol. The molecule has 6 nitrogen and oxygen atoms in total. The van der Waals surface area contributed by atoms with Gasteiger partial charge in [-0.3, -0.25) is 0 Å². The Morgan fingerprint density at radius 1 is 0.905 bits per heavy atom. The van der Waals surface area contributed by atoms with Gasteiger partial charge in [-0.2, -0.15) is 13.9 Å². The number of para-hydroxylation sites is 1. The van der Waals surface area contributed by atoms with Gasteiger partial charge < -0.3 is 14.5 Å². The number of fused-ring (bicyclic) bond motifs is 3. The summed E-state index contributed by atoms with van der Waals surface area (Å²) in [4.78, 5) is 5.01. The SMILES string of the molecule is CC(C)(C)[Si](O[C@H]1CN[C@H](c2ccccc2OC(F)F)c2c1nc1ccc(Cl)nn21)(c1ccccc1)c1ccccc1. The van der Waals surface area contributed by atoms with Crippen LogP contribution in [0.25, 0.3) is 5.65 Å². The molecule has 0 saturated heterocycles. The fraction of sp³-hybridized carbons (Fsp3) is 0.250. The highest BCUT2D eigenvalue weighted by atomic mass is 35.5. The van der Waals surface area contributed by atoms with E-state index in [0.29, 0.717) is 29.1 Å². The van der Waals surface area contributed by atoms with Crippen LogP contribution in [0.4, 0.5) is 8.78 Å². The van der Waals surface area contributed by atoms with Crippen molar-refractivity contribution in [2.45, 2.75) is 44.6 Å². The van der Waals surface area contributed by atoms with Crippen LogP contribution in [0.1, 0.15) is 49.9 Å². The minimum Gasteiger partial charge on any atom is -0.434 e. The lowest BCUT2D eigenvalue weighted by atomic mass is 9.96. The fourth-order valence-corrected chi connectivity index (χ4v) is 10.8. The molecule has 3 aromatic carbocycles. The quantitative estimate of drug-likeness (QED) is 0.221. The van der Waals surface area contributed by atoms with Crippen molar-refractivity contribution < 1.29 is 17.9 Å². The number of aromatic nitrogens is 3. The molecule has 0 radical (unpaired) electrons. The van der Waals surface area contributed by atoms with Gasteiger partial charge in [0.2, 0.25) is 0 Å². The summed E-state index contributed by atoms with van der Waals surface area (Å²) in [5.41, 5.74) is 2.49. The van der Waals surface area contributed by atoms with Crippen molar-refractivity contribution in [2.75, 3.05) is 6.54 Å². The molecule has 42 heavy (non-hydrogen) atoms. The highest BCUT2D eigenvalue weighted by molar-refractivity contribution is 6.99. The van der Waals surface area contributed by atoms with E-state index < -0.39 is 27.1 Å². The van der Waals surface area contributed by atoms with Crippen molar-refractivity contribution >= 4 is 35.9 Å². The van der Waals surface area contributed by atoms with Crippen molar-refractivity contribution in [1.82, 2.24) is 19.9 Å². The standard InChI is InChI=1S/C32H31ClF2N4O2Si/c1-32(2,3)42(21-12-6-4-7-13-21,22-14-8-5-9-15-22)41-25-20-36-28(23-16-10-11-17-24(23)40-31(34)35)30-29(25)37-27-19-18-26(33)38-39(27)30/h4-19,25,28,31,36H,20H2,1-3H3/t25-,28+/m0/s1. The van der Waals surface area contributed by atoms with Crippen LogP contribution in [-0.4, -0.2) is 36.1 Å². The Kier molecular flexibility index (Phi) is 7.61. The monoisotopic (exact) mass is 604 g/mol. The second kappa shape index (κ2) is 11.2. The Bertz CT molecular complexity index is 1660. The van der Waals surface area contributed by atoms with Crippen molar-refractivity contribution in [3.63, 3.8) is 0 Å². The molecule has 1 N–H and O–H groups in total. The maximum atomic E-state index is 13.4. The topological polar surface area (TPSA) is 60.7 Å². The van der Waals surface area contributed by atoms with E-state index in [-0.39, 0.29) is 15.9 Å². The zero-order valence-corrected chi connectivity index (χ0v) is 25.2. The Hall–Kier alpha value is -3.63. The zero-order chi connectivity index (χ0) is 29.5. The van der Waals surface area contributed by atoms with E-state index in [0.717, 1.165) is 10.4 Å². The van der Waals surface area contributed by atoms with Crippen molar-refractivity contribution in [3.8, 4) is 5.75 Å². The average Bonchev–Trinajstić information content (AvgIpc) is 3.35. The van der Waals surface area contributed by atoms with E-state index >= 15 is 0 Å². The van der Waals surface area contributed by atoms with Crippen LogP contribution in [0.15, 0.2) is 97.1 Å². The first-order valence-electron chi connectivity index (χ1n) is 13.8. The smallest absolute Gasteiger partial charge is 0.387 e. The van der Waals surface area contributed by atoms with Crippen molar-refractivity contribution in [1.29, 1.82) is 0 Å². The third-order valence-electron chi connectivity index (χ3n) is 7.78. The third-order valence-corrected chi connectivity index (χ3v) is 13.0. The van der Waals surface area contributed by atoms with E-state index in [4.69, 9.17) is 25.7 Å². The molecule has 6 rings (SSSR count). The summed E-state index contributed by atoms with van der Waals surface area (Å²) >= 11 is 6.35. The molecule has 0 fully saturated rings. The van der Waals surface area contributed by atoms with Crippen LogP contribution < -0.4 is 20.4 Å². The molecule has 5 aromatic rings. The number of imidazole rings is 1. The third kappa shape index (κ3) is 5.00. The summed E-state index contributed by atoms with van der Waals surface area (Å²) in [6, 6.07) is 30.5. The largest absolute Gasteiger partial charge is 0.434 e. The fourth-order valence-electron chi connectivity index (χ4n) is 6.05. The molecule has 1 aliphatic heterocycles. The van der Waals surface area contributed by atoms with E-state index in [2.05, 4.69) is 55.5 Å². The van der Waals surface area contributed by atoms with Crippen LogP contribution in [-0.2, 0) is 4.43 Å². The lowest BCUT2D eigenvalue weighted by molar-refractivity contribution is -0.0507.